The topological polar surface area (TPSA) is 70.3 Å². The fourth-order valence-corrected chi connectivity index (χ4v) is 4.43. The van der Waals surface area contributed by atoms with Gasteiger partial charge >= 0.3 is 5.97 Å². The zero-order valence-corrected chi connectivity index (χ0v) is 13.5. The summed E-state index contributed by atoms with van der Waals surface area (Å²) in [5.74, 6) is 0.302. The Labute approximate surface area is 137 Å². The summed E-state index contributed by atoms with van der Waals surface area (Å²) in [7, 11) is 0. The first-order chi connectivity index (χ1) is 11.0. The number of nitrogens with zero attached hydrogens (tertiary/aromatic N) is 1. The summed E-state index contributed by atoms with van der Waals surface area (Å²) in [6.07, 6.45) is 6.32. The molecule has 1 unspecified atom stereocenters. The summed E-state index contributed by atoms with van der Waals surface area (Å²) in [5, 5.41) is 18.1. The molecule has 4 rings (SSSR count). The summed E-state index contributed by atoms with van der Waals surface area (Å²) in [6, 6.07) is 9.51. The molecule has 0 aromatic heterocycles. The highest BCUT2D eigenvalue weighted by Gasteiger charge is 2.52. The number of ether oxygens (including phenoxy) is 1. The maximum absolute atomic E-state index is 11.0. The van der Waals surface area contributed by atoms with Gasteiger partial charge in [-0.25, -0.2) is 0 Å². The molecule has 0 spiro atoms. The molecule has 122 valence electrons. The first-order valence-corrected chi connectivity index (χ1v) is 8.38. The first kappa shape index (κ1) is 15.9. The van der Waals surface area contributed by atoms with Crippen molar-refractivity contribution in [2.24, 2.45) is 11.3 Å². The van der Waals surface area contributed by atoms with Crippen LogP contribution >= 0.6 is 0 Å². The monoisotopic (exact) mass is 313 g/mol. The molecule has 0 aliphatic heterocycles. The summed E-state index contributed by atoms with van der Waals surface area (Å²) in [6.45, 7) is 2.09. The van der Waals surface area contributed by atoms with Gasteiger partial charge in [-0.3, -0.25) is 4.79 Å². The van der Waals surface area contributed by atoms with E-state index >= 15 is 0 Å². The Kier molecular flexibility index (Phi) is 4.06. The van der Waals surface area contributed by atoms with Crippen LogP contribution in [0.3, 0.4) is 0 Å². The predicted octanol–water partition coefficient (Wildman–Crippen LogP) is 4.14. The van der Waals surface area contributed by atoms with Gasteiger partial charge in [0.25, 0.3) is 0 Å². The van der Waals surface area contributed by atoms with Crippen LogP contribution in [0.4, 0.5) is 0 Å². The van der Waals surface area contributed by atoms with Gasteiger partial charge in [-0.2, -0.15) is 5.26 Å². The molecule has 0 radical (unpaired) electrons. The van der Waals surface area contributed by atoms with Crippen molar-refractivity contribution < 1.29 is 14.6 Å². The number of nitriles is 1. The van der Waals surface area contributed by atoms with E-state index < -0.39 is 5.97 Å². The van der Waals surface area contributed by atoms with Crippen LogP contribution in [0.2, 0.25) is 0 Å². The van der Waals surface area contributed by atoms with Crippen LogP contribution in [-0.2, 0) is 4.79 Å². The van der Waals surface area contributed by atoms with Gasteiger partial charge in [-0.05, 0) is 68.1 Å². The fraction of sp³-hybridized carbons (Fsp3) is 0.579. The van der Waals surface area contributed by atoms with Crippen LogP contribution in [-0.4, -0.2) is 16.7 Å². The first-order valence-electron chi connectivity index (χ1n) is 8.38. The molecule has 0 saturated heterocycles. The number of carboxylic acids is 1. The normalized spacial score (nSPS) is 30.4. The molecule has 3 aliphatic rings. The Hall–Kier alpha value is -2.02. The van der Waals surface area contributed by atoms with Crippen LogP contribution in [0.25, 0.3) is 0 Å². The Morgan fingerprint density at radius 3 is 2.52 bits per heavy atom. The molecule has 4 nitrogen and oxygen atoms in total. The number of hydrogen-bond donors (Lipinski definition) is 1. The van der Waals surface area contributed by atoms with Gasteiger partial charge < -0.3 is 9.84 Å². The highest BCUT2D eigenvalue weighted by molar-refractivity contribution is 5.67. The van der Waals surface area contributed by atoms with Crippen molar-refractivity contribution >= 4 is 5.97 Å². The minimum Gasteiger partial charge on any atom is -0.487 e. The summed E-state index contributed by atoms with van der Waals surface area (Å²) in [4.78, 5) is 11.0. The molecular weight excluding hydrogens is 290 g/mol. The van der Waals surface area contributed by atoms with Gasteiger partial charge in [-0.1, -0.05) is 13.0 Å². The largest absolute Gasteiger partial charge is 0.487 e. The smallest absolute Gasteiger partial charge is 0.303 e. The number of rotatable bonds is 5. The van der Waals surface area contributed by atoms with E-state index in [1.807, 2.05) is 12.1 Å². The summed E-state index contributed by atoms with van der Waals surface area (Å²) >= 11 is 0. The van der Waals surface area contributed by atoms with Crippen molar-refractivity contribution in [1.82, 2.24) is 0 Å². The maximum atomic E-state index is 11.0. The number of carboxylic acid groups (broad SMARTS) is 1. The summed E-state index contributed by atoms with van der Waals surface area (Å²) < 4.78 is 6.31. The van der Waals surface area contributed by atoms with Gasteiger partial charge in [0, 0.05) is 6.42 Å². The quantitative estimate of drug-likeness (QED) is 0.887. The van der Waals surface area contributed by atoms with Crippen LogP contribution < -0.4 is 4.74 Å². The number of hydrogen-bond acceptors (Lipinski definition) is 3. The van der Waals surface area contributed by atoms with Gasteiger partial charge in [0.2, 0.25) is 0 Å². The number of benzene rings is 1. The van der Waals surface area contributed by atoms with Crippen LogP contribution in [0.5, 0.6) is 5.75 Å². The van der Waals surface area contributed by atoms with E-state index in [1.165, 1.54) is 0 Å². The second-order valence-electron chi connectivity index (χ2n) is 7.29. The molecule has 3 saturated carbocycles. The minimum absolute atomic E-state index is 0.126. The van der Waals surface area contributed by atoms with Crippen LogP contribution in [0.15, 0.2) is 24.3 Å². The third-order valence-electron chi connectivity index (χ3n) is 6.06. The number of aliphatic carboxylic acids is 1. The van der Waals surface area contributed by atoms with E-state index in [0.717, 1.165) is 44.3 Å². The number of fused-ring (bicyclic) bond motifs is 3. The van der Waals surface area contributed by atoms with Crippen LogP contribution in [0, 0.1) is 22.7 Å². The minimum atomic E-state index is -0.696. The van der Waals surface area contributed by atoms with Crippen molar-refractivity contribution in [3.8, 4) is 11.8 Å². The van der Waals surface area contributed by atoms with Gasteiger partial charge in [0.1, 0.15) is 11.4 Å². The molecule has 2 bridgehead atoms. The molecule has 4 heteroatoms. The average molecular weight is 313 g/mol. The Bertz CT molecular complexity index is 622. The standard InChI is InChI=1S/C19H23NO3/c1-14(11-17(21)22)18-5-8-19(9-6-18,10-7-18)23-16-4-2-3-15(12-16)13-20/h2-4,12,14H,5-11H2,1H3,(H,21,22). The third kappa shape index (κ3) is 3.06. The second-order valence-corrected chi connectivity index (χ2v) is 7.29. The highest BCUT2D eigenvalue weighted by atomic mass is 16.5. The Morgan fingerprint density at radius 1 is 1.30 bits per heavy atom. The Morgan fingerprint density at radius 2 is 1.96 bits per heavy atom. The lowest BCUT2D eigenvalue weighted by atomic mass is 9.54. The van der Waals surface area contributed by atoms with Crippen molar-refractivity contribution in [2.45, 2.75) is 57.5 Å². The van der Waals surface area contributed by atoms with E-state index in [-0.39, 0.29) is 23.4 Å². The molecule has 1 atom stereocenters. The zero-order chi connectivity index (χ0) is 16.5. The lowest BCUT2D eigenvalue weighted by Gasteiger charge is -2.55. The molecule has 3 fully saturated rings. The van der Waals surface area contributed by atoms with Gasteiger partial charge in [0.05, 0.1) is 11.6 Å². The lowest BCUT2D eigenvalue weighted by Crippen LogP contribution is -2.51. The second kappa shape index (κ2) is 5.88. The molecule has 3 aliphatic carbocycles. The van der Waals surface area contributed by atoms with E-state index in [9.17, 15) is 4.79 Å². The van der Waals surface area contributed by atoms with Gasteiger partial charge in [-0.15, -0.1) is 0 Å². The fourth-order valence-electron chi connectivity index (χ4n) is 4.43. The van der Waals surface area contributed by atoms with E-state index in [4.69, 9.17) is 15.1 Å². The number of carbonyl (C=O) groups is 1. The Balaban J connectivity index is 1.69. The van der Waals surface area contributed by atoms with E-state index in [2.05, 4.69) is 13.0 Å². The lowest BCUT2D eigenvalue weighted by molar-refractivity contribution is -0.142. The molecule has 0 heterocycles. The average Bonchev–Trinajstić information content (AvgIpc) is 2.56. The maximum Gasteiger partial charge on any atom is 0.303 e. The molecule has 1 N–H and O–H groups in total. The van der Waals surface area contributed by atoms with E-state index in [0.29, 0.717) is 5.56 Å². The van der Waals surface area contributed by atoms with Crippen molar-refractivity contribution in [1.29, 1.82) is 5.26 Å². The van der Waals surface area contributed by atoms with Crippen molar-refractivity contribution in [3.05, 3.63) is 29.8 Å². The van der Waals surface area contributed by atoms with Gasteiger partial charge in [0.15, 0.2) is 0 Å². The summed E-state index contributed by atoms with van der Waals surface area (Å²) in [5.41, 5.74) is 0.673. The molecule has 1 aromatic rings. The SMILES string of the molecule is CC(CC(=O)O)C12CCC(Oc3cccc(C#N)c3)(CC1)CC2. The van der Waals surface area contributed by atoms with Crippen molar-refractivity contribution in [2.75, 3.05) is 0 Å². The van der Waals surface area contributed by atoms with Crippen molar-refractivity contribution in [3.63, 3.8) is 0 Å². The predicted molar refractivity (Wildman–Crippen MR) is 86.1 cm³/mol. The molecule has 0 amide bonds. The zero-order valence-electron chi connectivity index (χ0n) is 13.5. The molecular formula is C19H23NO3. The third-order valence-corrected chi connectivity index (χ3v) is 6.06. The molecule has 1 aromatic carbocycles. The van der Waals surface area contributed by atoms with Crippen LogP contribution in [0.1, 0.15) is 57.4 Å². The highest BCUT2D eigenvalue weighted by Crippen LogP contribution is 2.57. The van der Waals surface area contributed by atoms with E-state index in [1.54, 1.807) is 12.1 Å². The molecule has 23 heavy (non-hydrogen) atoms.